The first kappa shape index (κ1) is 17.2. The van der Waals surface area contributed by atoms with Crippen LogP contribution in [-0.4, -0.2) is 11.7 Å². The molecule has 2 atom stereocenters. The van der Waals surface area contributed by atoms with Crippen LogP contribution in [0.25, 0.3) is 6.08 Å². The monoisotopic (exact) mass is 318 g/mol. The topological polar surface area (TPSA) is 70.0 Å². The van der Waals surface area contributed by atoms with Gasteiger partial charge in [-0.25, -0.2) is 0 Å². The summed E-state index contributed by atoms with van der Waals surface area (Å²) in [5, 5.41) is 11.9. The number of ketones is 1. The van der Waals surface area contributed by atoms with Crippen molar-refractivity contribution in [1.29, 1.82) is 5.26 Å². The Bertz CT molecular complexity index is 761. The van der Waals surface area contributed by atoms with E-state index in [1.807, 2.05) is 67.6 Å². The van der Waals surface area contributed by atoms with E-state index < -0.39 is 17.6 Å². The van der Waals surface area contributed by atoms with Crippen molar-refractivity contribution in [3.8, 4) is 6.07 Å². The fourth-order valence-electron chi connectivity index (χ4n) is 2.21. The second-order valence-corrected chi connectivity index (χ2v) is 5.35. The van der Waals surface area contributed by atoms with Gasteiger partial charge in [-0.05, 0) is 24.1 Å². The van der Waals surface area contributed by atoms with Gasteiger partial charge >= 0.3 is 0 Å². The Balaban J connectivity index is 2.02. The highest BCUT2D eigenvalue weighted by Crippen LogP contribution is 2.13. The van der Waals surface area contributed by atoms with Crippen LogP contribution in [0.2, 0.25) is 0 Å². The van der Waals surface area contributed by atoms with E-state index in [1.165, 1.54) is 6.08 Å². The van der Waals surface area contributed by atoms with Crippen molar-refractivity contribution < 1.29 is 9.59 Å². The van der Waals surface area contributed by atoms with E-state index in [-0.39, 0.29) is 6.04 Å². The fraction of sp³-hybridized carbons (Fsp3) is 0.150. The Morgan fingerprint density at radius 2 is 1.62 bits per heavy atom. The van der Waals surface area contributed by atoms with Gasteiger partial charge in [0.1, 0.15) is 0 Å². The summed E-state index contributed by atoms with van der Waals surface area (Å²) in [5.41, 5.74) is 1.75. The first-order valence-corrected chi connectivity index (χ1v) is 7.63. The van der Waals surface area contributed by atoms with E-state index in [1.54, 1.807) is 12.1 Å². The average molecular weight is 318 g/mol. The standard InChI is InChI=1S/C20H18N2O2/c1-15(17-10-6-3-7-11-17)22-20(24)18(14-21)19(23)13-12-16-8-4-2-5-9-16/h2-13,15,18H,1H3,(H,22,24)/b13-12-/t15-,18-/m0/s1. The largest absolute Gasteiger partial charge is 0.348 e. The van der Waals surface area contributed by atoms with Crippen molar-refractivity contribution in [2.75, 3.05) is 0 Å². The summed E-state index contributed by atoms with van der Waals surface area (Å²) in [6, 6.07) is 20.1. The van der Waals surface area contributed by atoms with Crippen LogP contribution in [0, 0.1) is 17.2 Å². The summed E-state index contributed by atoms with van der Waals surface area (Å²) < 4.78 is 0. The third-order valence-corrected chi connectivity index (χ3v) is 3.57. The second-order valence-electron chi connectivity index (χ2n) is 5.35. The molecule has 0 radical (unpaired) electrons. The van der Waals surface area contributed by atoms with Crippen LogP contribution in [0.1, 0.15) is 24.1 Å². The number of benzene rings is 2. The van der Waals surface area contributed by atoms with Crippen molar-refractivity contribution in [1.82, 2.24) is 5.32 Å². The minimum absolute atomic E-state index is 0.277. The number of hydrogen-bond donors (Lipinski definition) is 1. The van der Waals surface area contributed by atoms with Crippen LogP contribution < -0.4 is 5.32 Å². The molecule has 0 unspecified atom stereocenters. The molecular weight excluding hydrogens is 300 g/mol. The quantitative estimate of drug-likeness (QED) is 0.656. The number of amides is 1. The first-order valence-electron chi connectivity index (χ1n) is 7.63. The first-order chi connectivity index (χ1) is 11.6. The van der Waals surface area contributed by atoms with Gasteiger partial charge in [-0.3, -0.25) is 9.59 Å². The lowest BCUT2D eigenvalue weighted by molar-refractivity contribution is -0.129. The van der Waals surface area contributed by atoms with Gasteiger partial charge in [-0.2, -0.15) is 5.26 Å². The zero-order valence-corrected chi connectivity index (χ0v) is 13.3. The molecule has 4 heteroatoms. The molecule has 0 fully saturated rings. The lowest BCUT2D eigenvalue weighted by atomic mass is 10.0. The number of hydrogen-bond acceptors (Lipinski definition) is 3. The van der Waals surface area contributed by atoms with Gasteiger partial charge in [-0.1, -0.05) is 66.7 Å². The summed E-state index contributed by atoms with van der Waals surface area (Å²) in [7, 11) is 0. The Kier molecular flexibility index (Phi) is 6.04. The van der Waals surface area contributed by atoms with E-state index >= 15 is 0 Å². The van der Waals surface area contributed by atoms with E-state index in [9.17, 15) is 14.9 Å². The zero-order valence-electron chi connectivity index (χ0n) is 13.3. The number of allylic oxidation sites excluding steroid dienone is 1. The molecule has 0 heterocycles. The highest BCUT2D eigenvalue weighted by Gasteiger charge is 2.25. The highest BCUT2D eigenvalue weighted by molar-refractivity contribution is 6.10. The number of rotatable bonds is 6. The second kappa shape index (κ2) is 8.44. The van der Waals surface area contributed by atoms with Gasteiger partial charge in [0.2, 0.25) is 5.91 Å². The molecule has 0 aliphatic rings. The van der Waals surface area contributed by atoms with Gasteiger partial charge in [-0.15, -0.1) is 0 Å². The maximum atomic E-state index is 12.2. The van der Waals surface area contributed by atoms with Crippen LogP contribution >= 0.6 is 0 Å². The predicted molar refractivity (Wildman–Crippen MR) is 92.6 cm³/mol. The van der Waals surface area contributed by atoms with E-state index in [0.29, 0.717) is 0 Å². The van der Waals surface area contributed by atoms with Crippen molar-refractivity contribution in [3.05, 3.63) is 77.9 Å². The predicted octanol–water partition coefficient (Wildman–Crippen LogP) is 3.29. The molecule has 0 aromatic heterocycles. The fourth-order valence-corrected chi connectivity index (χ4v) is 2.21. The maximum absolute atomic E-state index is 12.2. The summed E-state index contributed by atoms with van der Waals surface area (Å²) in [4.78, 5) is 24.4. The molecule has 4 nitrogen and oxygen atoms in total. The number of carbonyl (C=O) groups is 2. The van der Waals surface area contributed by atoms with Crippen LogP contribution in [0.5, 0.6) is 0 Å². The average Bonchev–Trinajstić information content (AvgIpc) is 2.62. The molecule has 0 bridgehead atoms. The number of nitrogens with one attached hydrogen (secondary N) is 1. The molecular formula is C20H18N2O2. The summed E-state index contributed by atoms with van der Waals surface area (Å²) in [6.45, 7) is 1.81. The molecule has 0 spiro atoms. The molecule has 0 saturated heterocycles. The Hall–Kier alpha value is -3.19. The molecule has 1 amide bonds. The molecule has 2 aromatic rings. The molecule has 120 valence electrons. The minimum Gasteiger partial charge on any atom is -0.348 e. The molecule has 0 aliphatic heterocycles. The third kappa shape index (κ3) is 4.65. The van der Waals surface area contributed by atoms with Crippen LogP contribution in [0.3, 0.4) is 0 Å². The highest BCUT2D eigenvalue weighted by atomic mass is 16.2. The Morgan fingerprint density at radius 3 is 2.21 bits per heavy atom. The van der Waals surface area contributed by atoms with Gasteiger partial charge < -0.3 is 5.32 Å². The summed E-state index contributed by atoms with van der Waals surface area (Å²) in [5.74, 6) is -2.47. The van der Waals surface area contributed by atoms with Crippen molar-refractivity contribution in [2.45, 2.75) is 13.0 Å². The van der Waals surface area contributed by atoms with Gasteiger partial charge in [0.25, 0.3) is 0 Å². The third-order valence-electron chi connectivity index (χ3n) is 3.57. The number of carbonyl (C=O) groups excluding carboxylic acids is 2. The molecule has 24 heavy (non-hydrogen) atoms. The zero-order chi connectivity index (χ0) is 17.4. The Labute approximate surface area is 141 Å². The van der Waals surface area contributed by atoms with Crippen LogP contribution in [0.15, 0.2) is 66.7 Å². The van der Waals surface area contributed by atoms with E-state index in [4.69, 9.17) is 0 Å². The Morgan fingerprint density at radius 1 is 1.04 bits per heavy atom. The van der Waals surface area contributed by atoms with E-state index in [2.05, 4.69) is 5.32 Å². The van der Waals surface area contributed by atoms with Crippen LogP contribution in [0.4, 0.5) is 0 Å². The summed E-state index contributed by atoms with van der Waals surface area (Å²) >= 11 is 0. The molecule has 2 aromatic carbocycles. The molecule has 2 rings (SSSR count). The smallest absolute Gasteiger partial charge is 0.245 e. The van der Waals surface area contributed by atoms with Crippen molar-refractivity contribution in [3.63, 3.8) is 0 Å². The van der Waals surface area contributed by atoms with E-state index in [0.717, 1.165) is 11.1 Å². The normalized spacial score (nSPS) is 13.0. The van der Waals surface area contributed by atoms with Crippen molar-refractivity contribution in [2.24, 2.45) is 5.92 Å². The minimum atomic E-state index is -1.35. The van der Waals surface area contributed by atoms with Crippen LogP contribution in [-0.2, 0) is 9.59 Å². The molecule has 0 saturated carbocycles. The SMILES string of the molecule is C[C@H](NC(=O)[C@@H](C#N)C(=O)/C=C\c1ccccc1)c1ccccc1. The van der Waals surface area contributed by atoms with Crippen molar-refractivity contribution >= 4 is 17.8 Å². The number of nitriles is 1. The number of nitrogens with zero attached hydrogens (tertiary/aromatic N) is 1. The van der Waals surface area contributed by atoms with Gasteiger partial charge in [0, 0.05) is 0 Å². The lowest BCUT2D eigenvalue weighted by Gasteiger charge is -2.15. The maximum Gasteiger partial charge on any atom is 0.245 e. The molecule has 0 aliphatic carbocycles. The lowest BCUT2D eigenvalue weighted by Crippen LogP contribution is -2.35. The van der Waals surface area contributed by atoms with Gasteiger partial charge in [0.15, 0.2) is 11.7 Å². The van der Waals surface area contributed by atoms with Gasteiger partial charge in [0.05, 0.1) is 12.1 Å². The molecule has 1 N–H and O–H groups in total. The summed E-state index contributed by atoms with van der Waals surface area (Å²) in [6.07, 6.45) is 2.87.